The Morgan fingerprint density at radius 2 is 2.33 bits per heavy atom. The van der Waals surface area contributed by atoms with Crippen molar-refractivity contribution in [2.45, 2.75) is 13.5 Å². The number of fused-ring (bicyclic) bond motifs is 1. The van der Waals surface area contributed by atoms with E-state index in [1.165, 1.54) is 11.3 Å². The molecule has 0 aliphatic carbocycles. The molecule has 8 heteroatoms. The van der Waals surface area contributed by atoms with Crippen molar-refractivity contribution in [3.8, 4) is 0 Å². The zero-order valence-electron chi connectivity index (χ0n) is 11.6. The number of rotatable bonds is 2. The topological polar surface area (TPSA) is 66.5 Å². The molecule has 0 spiro atoms. The second-order valence-electron chi connectivity index (χ2n) is 6.19. The third-order valence-corrected chi connectivity index (χ3v) is 7.67. The van der Waals surface area contributed by atoms with Crippen LogP contribution in [0.4, 0.5) is 4.79 Å². The Labute approximate surface area is 133 Å². The van der Waals surface area contributed by atoms with Gasteiger partial charge in [-0.1, -0.05) is 18.5 Å². The van der Waals surface area contributed by atoms with Gasteiger partial charge in [0, 0.05) is 36.0 Å². The van der Waals surface area contributed by atoms with E-state index < -0.39 is 9.84 Å². The van der Waals surface area contributed by atoms with Crippen LogP contribution in [-0.4, -0.2) is 43.9 Å². The second kappa shape index (κ2) is 5.14. The van der Waals surface area contributed by atoms with Crippen LogP contribution in [-0.2, 0) is 16.4 Å². The first kappa shape index (κ1) is 15.1. The number of carbonyl (C=O) groups excluding carboxylic acids is 1. The molecule has 3 heterocycles. The summed E-state index contributed by atoms with van der Waals surface area (Å²) in [4.78, 5) is 13.9. The van der Waals surface area contributed by atoms with Gasteiger partial charge in [0.05, 0.1) is 16.5 Å². The summed E-state index contributed by atoms with van der Waals surface area (Å²) in [5, 5.41) is 7.26. The summed E-state index contributed by atoms with van der Waals surface area (Å²) >= 11 is 7.49. The fraction of sp³-hybridized carbons (Fsp3) is 0.615. The average molecular weight is 349 g/mol. The minimum Gasteiger partial charge on any atom is -0.334 e. The Balaban J connectivity index is 1.60. The molecule has 2 aliphatic heterocycles. The average Bonchev–Trinajstić information content (AvgIpc) is 2.96. The van der Waals surface area contributed by atoms with Gasteiger partial charge in [0.15, 0.2) is 9.84 Å². The molecule has 0 saturated carbocycles. The highest BCUT2D eigenvalue weighted by atomic mass is 35.5. The molecular formula is C13H17ClN2O3S2. The molecule has 21 heavy (non-hydrogen) atoms. The Bertz CT molecular complexity index is 673. The van der Waals surface area contributed by atoms with Crippen molar-refractivity contribution in [1.29, 1.82) is 0 Å². The van der Waals surface area contributed by atoms with E-state index in [4.69, 9.17) is 11.6 Å². The molecule has 0 unspecified atom stereocenters. The zero-order chi connectivity index (χ0) is 15.3. The predicted octanol–water partition coefficient (Wildman–Crippen LogP) is 1.98. The highest BCUT2D eigenvalue weighted by molar-refractivity contribution is 7.91. The van der Waals surface area contributed by atoms with Gasteiger partial charge in [-0.05, 0) is 11.3 Å². The van der Waals surface area contributed by atoms with Crippen LogP contribution in [0.1, 0.15) is 12.5 Å². The Morgan fingerprint density at radius 3 is 2.95 bits per heavy atom. The van der Waals surface area contributed by atoms with Gasteiger partial charge in [0.25, 0.3) is 0 Å². The summed E-state index contributed by atoms with van der Waals surface area (Å²) in [5.41, 5.74) is 0.610. The number of urea groups is 1. The molecule has 0 radical (unpaired) electrons. The van der Waals surface area contributed by atoms with E-state index in [0.29, 0.717) is 24.7 Å². The molecule has 2 saturated heterocycles. The lowest BCUT2D eigenvalue weighted by molar-refractivity contribution is 0.203. The standard InChI is InChI=1S/C13H17ClN2O3S2/c1-13-7-16(3-10(13)6-21(18,19)8-13)12(17)15-2-9-4-20-5-11(9)14/h4-5,10H,2-3,6-8H2,1H3,(H,15,17)/t10-,13+/m0/s1. The van der Waals surface area contributed by atoms with Crippen molar-refractivity contribution < 1.29 is 13.2 Å². The van der Waals surface area contributed by atoms with Crippen LogP contribution >= 0.6 is 22.9 Å². The molecule has 2 aliphatic rings. The molecule has 1 aromatic rings. The first-order chi connectivity index (χ1) is 9.79. The molecule has 2 amide bonds. The summed E-state index contributed by atoms with van der Waals surface area (Å²) in [7, 11) is -2.94. The van der Waals surface area contributed by atoms with Crippen LogP contribution < -0.4 is 5.32 Å². The minimum atomic E-state index is -2.94. The predicted molar refractivity (Wildman–Crippen MR) is 83.4 cm³/mol. The molecule has 3 rings (SSSR count). The summed E-state index contributed by atoms with van der Waals surface area (Å²) in [6, 6.07) is -0.148. The van der Waals surface area contributed by atoms with Crippen LogP contribution in [0.3, 0.4) is 0 Å². The molecule has 1 aromatic heterocycles. The minimum absolute atomic E-state index is 0.0537. The molecule has 0 bridgehead atoms. The summed E-state index contributed by atoms with van der Waals surface area (Å²) in [5.74, 6) is 0.437. The lowest BCUT2D eigenvalue weighted by Gasteiger charge is -2.22. The van der Waals surface area contributed by atoms with E-state index in [9.17, 15) is 13.2 Å². The van der Waals surface area contributed by atoms with E-state index in [1.54, 1.807) is 4.90 Å². The number of sulfone groups is 1. The zero-order valence-corrected chi connectivity index (χ0v) is 14.0. The molecule has 2 fully saturated rings. The molecule has 0 aromatic carbocycles. The van der Waals surface area contributed by atoms with Gasteiger partial charge in [-0.2, -0.15) is 11.3 Å². The SMILES string of the molecule is C[C@]12CN(C(=O)NCc3cscc3Cl)C[C@H]1CS(=O)(=O)C2. The summed E-state index contributed by atoms with van der Waals surface area (Å²) in [6.07, 6.45) is 0. The maximum absolute atomic E-state index is 12.2. The Kier molecular flexibility index (Phi) is 3.70. The van der Waals surface area contributed by atoms with Crippen LogP contribution in [0.25, 0.3) is 0 Å². The van der Waals surface area contributed by atoms with E-state index >= 15 is 0 Å². The van der Waals surface area contributed by atoms with Gasteiger partial charge in [0.2, 0.25) is 0 Å². The number of nitrogens with one attached hydrogen (secondary N) is 1. The third kappa shape index (κ3) is 2.91. The Morgan fingerprint density at radius 1 is 1.57 bits per heavy atom. The number of halogens is 1. The maximum atomic E-state index is 12.2. The van der Waals surface area contributed by atoms with Crippen molar-refractivity contribution in [1.82, 2.24) is 10.2 Å². The van der Waals surface area contributed by atoms with Crippen molar-refractivity contribution in [3.05, 3.63) is 21.3 Å². The largest absolute Gasteiger partial charge is 0.334 e. The normalized spacial score (nSPS) is 30.4. The molecule has 2 atom stereocenters. The lowest BCUT2D eigenvalue weighted by atomic mass is 9.84. The van der Waals surface area contributed by atoms with Crippen molar-refractivity contribution >= 4 is 38.8 Å². The van der Waals surface area contributed by atoms with Crippen molar-refractivity contribution in [2.24, 2.45) is 11.3 Å². The number of amides is 2. The smallest absolute Gasteiger partial charge is 0.317 e. The number of thiophene rings is 1. The third-order valence-electron chi connectivity index (χ3n) is 4.39. The van der Waals surface area contributed by atoms with Crippen molar-refractivity contribution in [2.75, 3.05) is 24.6 Å². The fourth-order valence-corrected chi connectivity index (χ4v) is 6.90. The van der Waals surface area contributed by atoms with E-state index in [1.807, 2.05) is 17.7 Å². The highest BCUT2D eigenvalue weighted by Crippen LogP contribution is 2.43. The van der Waals surface area contributed by atoms with Crippen molar-refractivity contribution in [3.63, 3.8) is 0 Å². The maximum Gasteiger partial charge on any atom is 0.317 e. The number of hydrogen-bond acceptors (Lipinski definition) is 4. The van der Waals surface area contributed by atoms with E-state index in [2.05, 4.69) is 5.32 Å². The first-order valence-corrected chi connectivity index (χ1v) is 9.87. The monoisotopic (exact) mass is 348 g/mol. The van der Waals surface area contributed by atoms with Crippen LogP contribution in [0.5, 0.6) is 0 Å². The summed E-state index contributed by atoms with van der Waals surface area (Å²) < 4.78 is 23.4. The molecular weight excluding hydrogens is 332 g/mol. The van der Waals surface area contributed by atoms with E-state index in [0.717, 1.165) is 5.56 Å². The number of likely N-dealkylation sites (tertiary alicyclic amines) is 1. The first-order valence-electron chi connectivity index (χ1n) is 6.73. The van der Waals surface area contributed by atoms with Gasteiger partial charge in [-0.25, -0.2) is 13.2 Å². The molecule has 5 nitrogen and oxygen atoms in total. The summed E-state index contributed by atoms with van der Waals surface area (Å²) in [6.45, 7) is 3.38. The van der Waals surface area contributed by atoms with Gasteiger partial charge in [-0.3, -0.25) is 0 Å². The molecule has 116 valence electrons. The highest BCUT2D eigenvalue weighted by Gasteiger charge is 2.53. The fourth-order valence-electron chi connectivity index (χ4n) is 3.27. The van der Waals surface area contributed by atoms with Gasteiger partial charge in [0.1, 0.15) is 0 Å². The van der Waals surface area contributed by atoms with Gasteiger partial charge < -0.3 is 10.2 Å². The van der Waals surface area contributed by atoms with Crippen LogP contribution in [0, 0.1) is 11.3 Å². The Hall–Kier alpha value is -0.790. The van der Waals surface area contributed by atoms with Crippen LogP contribution in [0.15, 0.2) is 10.8 Å². The lowest BCUT2D eigenvalue weighted by Crippen LogP contribution is -2.40. The molecule has 1 N–H and O–H groups in total. The van der Waals surface area contributed by atoms with Crippen LogP contribution in [0.2, 0.25) is 5.02 Å². The van der Waals surface area contributed by atoms with E-state index in [-0.39, 0.29) is 28.9 Å². The number of hydrogen-bond donors (Lipinski definition) is 1. The quantitative estimate of drug-likeness (QED) is 0.888. The van der Waals surface area contributed by atoms with Gasteiger partial charge >= 0.3 is 6.03 Å². The second-order valence-corrected chi connectivity index (χ2v) is 9.45. The number of nitrogens with zero attached hydrogens (tertiary/aromatic N) is 1. The number of carbonyl (C=O) groups is 1. The van der Waals surface area contributed by atoms with Gasteiger partial charge in [-0.15, -0.1) is 0 Å².